The van der Waals surface area contributed by atoms with Crippen molar-refractivity contribution >= 4 is 34.7 Å². The standard InChI is InChI=1S/C7H20N2P4/c1-6-3-7(5-8(2)12-10)9(4-6)13-11/h6-7,12-13H,3-5,10-11H2,1-2H3. The molecule has 1 saturated heterocycles. The van der Waals surface area contributed by atoms with E-state index in [1.165, 1.54) is 19.5 Å². The third-order valence-corrected chi connectivity index (χ3v) is 6.31. The highest BCUT2D eigenvalue weighted by Gasteiger charge is 2.28. The van der Waals surface area contributed by atoms with Gasteiger partial charge < -0.3 is 0 Å². The van der Waals surface area contributed by atoms with Crippen LogP contribution in [0.4, 0.5) is 0 Å². The van der Waals surface area contributed by atoms with Gasteiger partial charge >= 0.3 is 0 Å². The number of rotatable bonds is 4. The second kappa shape index (κ2) is 6.27. The lowest BCUT2D eigenvalue weighted by Crippen LogP contribution is -2.30. The highest BCUT2D eigenvalue weighted by atomic mass is 32.0. The van der Waals surface area contributed by atoms with E-state index in [-0.39, 0.29) is 0 Å². The summed E-state index contributed by atoms with van der Waals surface area (Å²) in [5.74, 6) is 0.888. The molecule has 1 heterocycles. The van der Waals surface area contributed by atoms with Gasteiger partial charge in [0, 0.05) is 19.1 Å². The largest absolute Gasteiger partial charge is 0.283 e. The minimum absolute atomic E-state index is 0.795. The molecule has 1 aliphatic heterocycles. The van der Waals surface area contributed by atoms with Crippen molar-refractivity contribution in [1.82, 2.24) is 9.34 Å². The summed E-state index contributed by atoms with van der Waals surface area (Å²) in [6.07, 6.45) is 1.38. The van der Waals surface area contributed by atoms with Gasteiger partial charge in [0.1, 0.15) is 0 Å². The normalized spacial score (nSPS) is 32.1. The lowest BCUT2D eigenvalue weighted by molar-refractivity contribution is 0.367. The van der Waals surface area contributed by atoms with Crippen LogP contribution in [0.3, 0.4) is 0 Å². The van der Waals surface area contributed by atoms with Crippen molar-refractivity contribution in [3.05, 3.63) is 0 Å². The summed E-state index contributed by atoms with van der Waals surface area (Å²) in [4.78, 5) is 0. The molecule has 0 radical (unpaired) electrons. The average molecular weight is 256 g/mol. The first-order valence-electron chi connectivity index (χ1n) is 4.57. The zero-order chi connectivity index (χ0) is 9.84. The Morgan fingerprint density at radius 2 is 2.23 bits per heavy atom. The quantitative estimate of drug-likeness (QED) is 0.712. The van der Waals surface area contributed by atoms with Crippen LogP contribution in [-0.2, 0) is 0 Å². The Labute approximate surface area is 89.8 Å². The molecule has 6 heteroatoms. The first kappa shape index (κ1) is 12.7. The SMILES string of the molecule is CC1CC(CN(C)PP)N(PP)C1. The van der Waals surface area contributed by atoms with Gasteiger partial charge in [-0.3, -0.25) is 9.34 Å². The molecule has 6 unspecified atom stereocenters. The lowest BCUT2D eigenvalue weighted by Gasteiger charge is -2.26. The molecule has 0 N–H and O–H groups in total. The molecule has 78 valence electrons. The Bertz CT molecular complexity index is 157. The van der Waals surface area contributed by atoms with E-state index in [1.54, 1.807) is 0 Å². The molecule has 0 saturated carbocycles. The van der Waals surface area contributed by atoms with Gasteiger partial charge in [0.05, 0.1) is 0 Å². The van der Waals surface area contributed by atoms with Gasteiger partial charge in [-0.05, 0) is 36.2 Å². The smallest absolute Gasteiger partial charge is 0.0268 e. The summed E-state index contributed by atoms with van der Waals surface area (Å²) in [7, 11) is 9.65. The third kappa shape index (κ3) is 3.95. The second-order valence-electron chi connectivity index (χ2n) is 3.79. The predicted octanol–water partition coefficient (Wildman–Crippen LogP) is 2.40. The fourth-order valence-electron chi connectivity index (χ4n) is 1.85. The van der Waals surface area contributed by atoms with Crippen molar-refractivity contribution in [3.8, 4) is 0 Å². The lowest BCUT2D eigenvalue weighted by atomic mass is 10.1. The summed E-state index contributed by atoms with van der Waals surface area (Å²) >= 11 is 0. The van der Waals surface area contributed by atoms with Crippen LogP contribution in [0.1, 0.15) is 13.3 Å². The Kier molecular flexibility index (Phi) is 6.13. The van der Waals surface area contributed by atoms with Gasteiger partial charge in [-0.25, -0.2) is 0 Å². The van der Waals surface area contributed by atoms with E-state index < -0.39 is 0 Å². The maximum atomic E-state index is 2.87. The number of hydrogen-bond acceptors (Lipinski definition) is 2. The fourth-order valence-corrected chi connectivity index (χ4v) is 4.25. The maximum Gasteiger partial charge on any atom is 0.0268 e. The Morgan fingerprint density at radius 1 is 1.54 bits per heavy atom. The highest BCUT2D eigenvalue weighted by Crippen LogP contribution is 2.38. The second-order valence-corrected chi connectivity index (χ2v) is 7.19. The van der Waals surface area contributed by atoms with Crippen molar-refractivity contribution in [1.29, 1.82) is 0 Å². The van der Waals surface area contributed by atoms with Crippen LogP contribution in [0.5, 0.6) is 0 Å². The molecule has 0 aliphatic carbocycles. The van der Waals surface area contributed by atoms with Crippen LogP contribution in [0.2, 0.25) is 0 Å². The maximum absolute atomic E-state index is 2.87. The van der Waals surface area contributed by atoms with E-state index in [0.717, 1.165) is 28.8 Å². The van der Waals surface area contributed by atoms with Crippen molar-refractivity contribution in [2.45, 2.75) is 19.4 Å². The zero-order valence-corrected chi connectivity index (χ0v) is 12.6. The molecular formula is C7H20N2P4. The molecule has 0 amide bonds. The van der Waals surface area contributed by atoms with Crippen molar-refractivity contribution in [2.75, 3.05) is 20.1 Å². The van der Waals surface area contributed by atoms with Crippen molar-refractivity contribution in [2.24, 2.45) is 5.92 Å². The number of nitrogens with zero attached hydrogens (tertiary/aromatic N) is 2. The monoisotopic (exact) mass is 256 g/mol. The first-order chi connectivity index (χ1) is 6.17. The van der Waals surface area contributed by atoms with Crippen LogP contribution < -0.4 is 0 Å². The molecule has 1 aliphatic rings. The van der Waals surface area contributed by atoms with E-state index in [4.69, 9.17) is 0 Å². The van der Waals surface area contributed by atoms with Gasteiger partial charge in [-0.15, -0.1) is 0 Å². The molecular weight excluding hydrogens is 236 g/mol. The van der Waals surface area contributed by atoms with Gasteiger partial charge in [0.25, 0.3) is 0 Å². The minimum atomic E-state index is 0.795. The predicted molar refractivity (Wildman–Crippen MR) is 73.0 cm³/mol. The van der Waals surface area contributed by atoms with Crippen LogP contribution in [-0.4, -0.2) is 35.5 Å². The topological polar surface area (TPSA) is 6.48 Å². The Balaban J connectivity index is 2.39. The van der Waals surface area contributed by atoms with E-state index >= 15 is 0 Å². The van der Waals surface area contributed by atoms with E-state index in [0.29, 0.717) is 0 Å². The Morgan fingerprint density at radius 3 is 2.77 bits per heavy atom. The van der Waals surface area contributed by atoms with Gasteiger partial charge in [-0.2, -0.15) is 0 Å². The Hall–Kier alpha value is 1.64. The molecule has 1 fully saturated rings. The van der Waals surface area contributed by atoms with Gasteiger partial charge in [0.15, 0.2) is 0 Å². The molecule has 0 bridgehead atoms. The number of hydrogen-bond donors (Lipinski definition) is 0. The van der Waals surface area contributed by atoms with E-state index in [1.807, 2.05) is 0 Å². The number of likely N-dealkylation sites (N-methyl/N-ethyl adjacent to an activating group) is 1. The van der Waals surface area contributed by atoms with Crippen LogP contribution in [0, 0.1) is 5.92 Å². The van der Waals surface area contributed by atoms with Crippen LogP contribution >= 0.6 is 34.7 Å². The highest BCUT2D eigenvalue weighted by molar-refractivity contribution is 8.01. The van der Waals surface area contributed by atoms with E-state index in [9.17, 15) is 0 Å². The summed E-state index contributed by atoms with van der Waals surface area (Å²) in [5, 5.41) is 0. The van der Waals surface area contributed by atoms with Gasteiger partial charge in [-0.1, -0.05) is 24.8 Å². The summed E-state index contributed by atoms with van der Waals surface area (Å²) in [6.45, 7) is 4.88. The molecule has 0 aromatic heterocycles. The minimum Gasteiger partial charge on any atom is -0.283 e. The molecule has 0 aromatic carbocycles. The van der Waals surface area contributed by atoms with Crippen LogP contribution in [0.15, 0.2) is 0 Å². The average Bonchev–Trinajstić information content (AvgIpc) is 2.46. The molecule has 1 rings (SSSR count). The first-order valence-corrected chi connectivity index (χ1v) is 10.1. The molecule has 6 atom stereocenters. The van der Waals surface area contributed by atoms with Crippen molar-refractivity contribution in [3.63, 3.8) is 0 Å². The molecule has 0 spiro atoms. The van der Waals surface area contributed by atoms with Crippen LogP contribution in [0.25, 0.3) is 0 Å². The van der Waals surface area contributed by atoms with Crippen molar-refractivity contribution < 1.29 is 0 Å². The summed E-state index contributed by atoms with van der Waals surface area (Å²) in [5.41, 5.74) is 0. The molecule has 2 nitrogen and oxygen atoms in total. The summed E-state index contributed by atoms with van der Waals surface area (Å²) in [6, 6.07) is 0.795. The molecule has 13 heavy (non-hydrogen) atoms. The van der Waals surface area contributed by atoms with Gasteiger partial charge in [0.2, 0.25) is 0 Å². The fraction of sp³-hybridized carbons (Fsp3) is 1.00. The van der Waals surface area contributed by atoms with E-state index in [2.05, 4.69) is 41.2 Å². The summed E-state index contributed by atoms with van der Waals surface area (Å²) < 4.78 is 5.02. The molecule has 0 aromatic rings. The zero-order valence-electron chi connectivity index (χ0n) is 8.33. The third-order valence-electron chi connectivity index (χ3n) is 2.49.